The van der Waals surface area contributed by atoms with Crippen LogP contribution in [0.3, 0.4) is 0 Å². The summed E-state index contributed by atoms with van der Waals surface area (Å²) in [6.07, 6.45) is -4.77. The van der Waals surface area contributed by atoms with Gasteiger partial charge in [-0.15, -0.1) is 0 Å². The van der Waals surface area contributed by atoms with E-state index in [9.17, 15) is 18.0 Å². The molecule has 0 aliphatic carbocycles. The third kappa shape index (κ3) is 2.64. The summed E-state index contributed by atoms with van der Waals surface area (Å²) in [6, 6.07) is 3.70. The lowest BCUT2D eigenvalue weighted by molar-refractivity contribution is -0.139. The lowest BCUT2D eigenvalue weighted by Gasteiger charge is -2.16. The molecule has 0 aromatic heterocycles. The maximum absolute atomic E-state index is 13.0. The Balaban J connectivity index is 3.67. The number of nitriles is 1. The van der Waals surface area contributed by atoms with Gasteiger partial charge in [0.05, 0.1) is 18.0 Å². The first kappa shape index (κ1) is 14.5. The number of hydrogen-bond donors (Lipinski definition) is 0. The molecule has 0 heterocycles. The largest absolute Gasteiger partial charge is 0.495 e. The first-order chi connectivity index (χ1) is 8.36. The monoisotopic (exact) mass is 321 g/mol. The van der Waals surface area contributed by atoms with Gasteiger partial charge >= 0.3 is 6.18 Å². The minimum Gasteiger partial charge on any atom is -0.495 e. The van der Waals surface area contributed by atoms with Crippen molar-refractivity contribution >= 4 is 21.7 Å². The van der Waals surface area contributed by atoms with Gasteiger partial charge in [0.2, 0.25) is 0 Å². The van der Waals surface area contributed by atoms with Gasteiger partial charge in [0, 0.05) is 5.56 Å². The van der Waals surface area contributed by atoms with Crippen LogP contribution in [0.2, 0.25) is 0 Å². The van der Waals surface area contributed by atoms with Crippen LogP contribution in [-0.2, 0) is 6.18 Å². The van der Waals surface area contributed by atoms with Gasteiger partial charge in [-0.3, -0.25) is 4.79 Å². The Morgan fingerprint density at radius 1 is 1.50 bits per heavy atom. The molecule has 0 N–H and O–H groups in total. The molecule has 0 bridgehead atoms. The van der Waals surface area contributed by atoms with E-state index in [4.69, 9.17) is 5.26 Å². The first-order valence-corrected chi connectivity index (χ1v) is 5.76. The second kappa shape index (κ2) is 5.40. The number of halogens is 4. The van der Waals surface area contributed by atoms with Gasteiger partial charge in [0.15, 0.2) is 5.78 Å². The topological polar surface area (TPSA) is 50.1 Å². The number of rotatable bonds is 3. The Hall–Kier alpha value is -1.55. The first-order valence-electron chi connectivity index (χ1n) is 4.64. The van der Waals surface area contributed by atoms with Crippen molar-refractivity contribution in [2.75, 3.05) is 12.4 Å². The van der Waals surface area contributed by atoms with Crippen LogP contribution >= 0.6 is 15.9 Å². The maximum atomic E-state index is 13.0. The molecular formula is C11H7BrF3NO2. The molecule has 0 fully saturated rings. The highest BCUT2D eigenvalue weighted by atomic mass is 79.9. The Kier molecular flexibility index (Phi) is 4.35. The molecule has 0 amide bonds. The average molecular weight is 322 g/mol. The van der Waals surface area contributed by atoms with Crippen molar-refractivity contribution in [2.24, 2.45) is 0 Å². The highest BCUT2D eigenvalue weighted by Gasteiger charge is 2.39. The summed E-state index contributed by atoms with van der Waals surface area (Å²) in [6.45, 7) is 0. The maximum Gasteiger partial charge on any atom is 0.420 e. The molecule has 0 radical (unpaired) electrons. The molecule has 7 heteroatoms. The molecule has 0 aliphatic rings. The molecule has 0 spiro atoms. The van der Waals surface area contributed by atoms with Crippen molar-refractivity contribution in [3.63, 3.8) is 0 Å². The van der Waals surface area contributed by atoms with Gasteiger partial charge in [-0.25, -0.2) is 0 Å². The number of methoxy groups -OCH3 is 1. The van der Waals surface area contributed by atoms with Crippen molar-refractivity contribution in [1.29, 1.82) is 5.26 Å². The Morgan fingerprint density at radius 3 is 2.50 bits per heavy atom. The normalized spacial score (nSPS) is 10.9. The Labute approximate surface area is 109 Å². The van der Waals surface area contributed by atoms with Crippen LogP contribution in [0.25, 0.3) is 0 Å². The van der Waals surface area contributed by atoms with E-state index in [1.807, 2.05) is 0 Å². The molecule has 96 valence electrons. The summed E-state index contributed by atoms with van der Waals surface area (Å²) < 4.78 is 43.5. The predicted octanol–water partition coefficient (Wildman–Crippen LogP) is 3.16. The summed E-state index contributed by atoms with van der Waals surface area (Å²) in [4.78, 5) is 11.5. The number of Topliss-reactive ketones (excluding diaryl/α,β-unsaturated/α-hetero) is 1. The molecule has 0 unspecified atom stereocenters. The molecule has 18 heavy (non-hydrogen) atoms. The number of carbonyl (C=O) groups is 1. The zero-order chi connectivity index (χ0) is 13.9. The standard InChI is InChI=1S/C11H7BrF3NO2/c1-18-10-6(5-16)2-3-7(8(17)4-12)9(10)11(13,14)15/h2-3H,4H2,1H3. The molecular weight excluding hydrogens is 315 g/mol. The van der Waals surface area contributed by atoms with E-state index in [-0.39, 0.29) is 10.9 Å². The van der Waals surface area contributed by atoms with E-state index in [0.29, 0.717) is 0 Å². The molecule has 1 aromatic carbocycles. The summed E-state index contributed by atoms with van der Waals surface area (Å²) in [5, 5.41) is 8.49. The number of benzene rings is 1. The smallest absolute Gasteiger partial charge is 0.420 e. The average Bonchev–Trinajstić information content (AvgIpc) is 2.34. The quantitative estimate of drug-likeness (QED) is 0.634. The van der Waals surface area contributed by atoms with Crippen LogP contribution in [0.5, 0.6) is 5.75 Å². The zero-order valence-corrected chi connectivity index (χ0v) is 10.7. The predicted molar refractivity (Wildman–Crippen MR) is 60.8 cm³/mol. The van der Waals surface area contributed by atoms with Crippen molar-refractivity contribution in [3.8, 4) is 11.8 Å². The number of alkyl halides is 4. The molecule has 1 rings (SSSR count). The van der Waals surface area contributed by atoms with Crippen molar-refractivity contribution in [1.82, 2.24) is 0 Å². The van der Waals surface area contributed by atoms with Crippen molar-refractivity contribution in [3.05, 3.63) is 28.8 Å². The fraction of sp³-hybridized carbons (Fsp3) is 0.273. The van der Waals surface area contributed by atoms with Gasteiger partial charge in [0.25, 0.3) is 0 Å². The van der Waals surface area contributed by atoms with Crippen LogP contribution in [-0.4, -0.2) is 18.2 Å². The van der Waals surface area contributed by atoms with E-state index >= 15 is 0 Å². The zero-order valence-electron chi connectivity index (χ0n) is 9.14. The Bertz CT molecular complexity index is 520. The molecule has 0 saturated heterocycles. The minimum atomic E-state index is -4.77. The molecule has 0 aliphatic heterocycles. The lowest BCUT2D eigenvalue weighted by atomic mass is 9.99. The summed E-state index contributed by atoms with van der Waals surface area (Å²) >= 11 is 2.81. The molecule has 0 saturated carbocycles. The highest BCUT2D eigenvalue weighted by molar-refractivity contribution is 9.09. The van der Waals surface area contributed by atoms with Gasteiger partial charge < -0.3 is 4.74 Å². The SMILES string of the molecule is COc1c(C#N)ccc(C(=O)CBr)c1C(F)(F)F. The van der Waals surface area contributed by atoms with E-state index in [0.717, 1.165) is 19.2 Å². The number of nitrogens with zero attached hydrogens (tertiary/aromatic N) is 1. The number of carbonyl (C=O) groups excluding carboxylic acids is 1. The molecule has 0 atom stereocenters. The highest BCUT2D eigenvalue weighted by Crippen LogP contribution is 2.40. The molecule has 1 aromatic rings. The van der Waals surface area contributed by atoms with Gasteiger partial charge in [-0.2, -0.15) is 18.4 Å². The van der Waals surface area contributed by atoms with Crippen LogP contribution in [0.15, 0.2) is 12.1 Å². The van der Waals surface area contributed by atoms with Crippen LogP contribution in [0.4, 0.5) is 13.2 Å². The second-order valence-corrected chi connectivity index (χ2v) is 3.80. The summed E-state index contributed by atoms with van der Waals surface area (Å²) in [5.74, 6) is -1.36. The summed E-state index contributed by atoms with van der Waals surface area (Å²) in [7, 11) is 1.02. The summed E-state index contributed by atoms with van der Waals surface area (Å²) in [5.41, 5.74) is -2.00. The third-order valence-electron chi connectivity index (χ3n) is 2.19. The van der Waals surface area contributed by atoms with Crippen LogP contribution < -0.4 is 4.74 Å². The fourth-order valence-electron chi connectivity index (χ4n) is 1.47. The fourth-order valence-corrected chi connectivity index (χ4v) is 1.77. The van der Waals surface area contributed by atoms with Gasteiger partial charge in [-0.1, -0.05) is 15.9 Å². The van der Waals surface area contributed by atoms with Crippen molar-refractivity contribution < 1.29 is 22.7 Å². The third-order valence-corrected chi connectivity index (χ3v) is 2.70. The van der Waals surface area contributed by atoms with E-state index in [2.05, 4.69) is 20.7 Å². The van der Waals surface area contributed by atoms with Crippen LogP contribution in [0.1, 0.15) is 21.5 Å². The van der Waals surface area contributed by atoms with E-state index in [1.165, 1.54) is 0 Å². The Morgan fingerprint density at radius 2 is 2.11 bits per heavy atom. The lowest BCUT2D eigenvalue weighted by Crippen LogP contribution is -2.16. The van der Waals surface area contributed by atoms with E-state index < -0.39 is 28.8 Å². The second-order valence-electron chi connectivity index (χ2n) is 3.24. The van der Waals surface area contributed by atoms with Gasteiger partial charge in [0.1, 0.15) is 17.4 Å². The van der Waals surface area contributed by atoms with Gasteiger partial charge in [-0.05, 0) is 12.1 Å². The number of ketones is 1. The number of hydrogen-bond acceptors (Lipinski definition) is 3. The minimum absolute atomic E-state index is 0.245. The molecule has 3 nitrogen and oxygen atoms in total. The van der Waals surface area contributed by atoms with E-state index in [1.54, 1.807) is 6.07 Å². The van der Waals surface area contributed by atoms with Crippen molar-refractivity contribution in [2.45, 2.75) is 6.18 Å². The van der Waals surface area contributed by atoms with Crippen LogP contribution in [0, 0.1) is 11.3 Å². The number of ether oxygens (including phenoxy) is 1.